The summed E-state index contributed by atoms with van der Waals surface area (Å²) in [6.07, 6.45) is 10.4. The molecule has 4 nitrogen and oxygen atoms in total. The maximum absolute atomic E-state index is 12.4. The molecule has 0 aromatic carbocycles. The highest BCUT2D eigenvalue weighted by atomic mass is 35.5. The first-order chi connectivity index (χ1) is 10.7. The Balaban J connectivity index is 0.00000144. The molecule has 0 bridgehead atoms. The van der Waals surface area contributed by atoms with Gasteiger partial charge in [-0.2, -0.15) is 0 Å². The van der Waals surface area contributed by atoms with E-state index in [0.717, 1.165) is 25.4 Å². The summed E-state index contributed by atoms with van der Waals surface area (Å²) in [6, 6.07) is 0.672. The number of piperidine rings is 1. The zero-order valence-electron chi connectivity index (χ0n) is 15.0. The van der Waals surface area contributed by atoms with Crippen molar-refractivity contribution in [3.63, 3.8) is 0 Å². The van der Waals surface area contributed by atoms with Crippen LogP contribution < -0.4 is 10.6 Å². The van der Waals surface area contributed by atoms with Crippen molar-refractivity contribution in [2.24, 2.45) is 11.8 Å². The average molecular weight is 380 g/mol. The third kappa shape index (κ3) is 6.05. The summed E-state index contributed by atoms with van der Waals surface area (Å²) in [4.78, 5) is 15.0. The Labute approximate surface area is 159 Å². The highest BCUT2D eigenvalue weighted by Crippen LogP contribution is 2.33. The molecule has 0 radical (unpaired) electrons. The number of nitrogens with zero attached hydrogens (tertiary/aromatic N) is 1. The first kappa shape index (κ1) is 22.0. The van der Waals surface area contributed by atoms with Crippen LogP contribution in [-0.2, 0) is 4.79 Å². The maximum atomic E-state index is 12.4. The molecule has 2 saturated heterocycles. The Morgan fingerprint density at radius 1 is 1.12 bits per heavy atom. The number of likely N-dealkylation sites (tertiary alicyclic amines) is 1. The number of hydrogen-bond donors (Lipinski definition) is 2. The fraction of sp³-hybridized carbons (Fsp3) is 0.944. The van der Waals surface area contributed by atoms with E-state index in [1.165, 1.54) is 58.0 Å². The van der Waals surface area contributed by atoms with Crippen LogP contribution >= 0.6 is 24.8 Å². The van der Waals surface area contributed by atoms with Crippen LogP contribution in [0.3, 0.4) is 0 Å². The molecule has 1 saturated carbocycles. The third-order valence-electron chi connectivity index (χ3n) is 5.82. The van der Waals surface area contributed by atoms with Crippen LogP contribution in [0.15, 0.2) is 0 Å². The molecule has 1 amide bonds. The summed E-state index contributed by atoms with van der Waals surface area (Å²) in [7, 11) is 0. The Kier molecular flexibility index (Phi) is 9.95. The van der Waals surface area contributed by atoms with Crippen molar-refractivity contribution in [2.75, 3.05) is 26.2 Å². The molecule has 6 heteroatoms. The quantitative estimate of drug-likeness (QED) is 0.771. The molecule has 3 aliphatic rings. The zero-order valence-corrected chi connectivity index (χ0v) is 16.6. The number of fused-ring (bicyclic) bond motifs is 1. The standard InChI is InChI=1S/C18H33N3O.2ClH/c1-14(13-21-9-5-2-6-10-21)12-19-18(22)17-11-15-7-3-4-8-16(15)20-17;;/h14-17,20H,2-13H2,1H3,(H,19,22);2*1H. The van der Waals surface area contributed by atoms with Crippen LogP contribution in [0.1, 0.15) is 58.3 Å². The molecule has 1 aliphatic carbocycles. The second-order valence-corrected chi connectivity index (χ2v) is 7.82. The van der Waals surface area contributed by atoms with E-state index in [0.29, 0.717) is 12.0 Å². The van der Waals surface area contributed by atoms with Gasteiger partial charge in [0.05, 0.1) is 6.04 Å². The van der Waals surface area contributed by atoms with Gasteiger partial charge in [-0.05, 0) is 57.0 Å². The van der Waals surface area contributed by atoms with Gasteiger partial charge in [0.1, 0.15) is 0 Å². The van der Waals surface area contributed by atoms with Crippen molar-refractivity contribution < 1.29 is 4.79 Å². The summed E-state index contributed by atoms with van der Waals surface area (Å²) in [5.74, 6) is 1.53. The lowest BCUT2D eigenvalue weighted by Gasteiger charge is -2.29. The van der Waals surface area contributed by atoms with Gasteiger partial charge >= 0.3 is 0 Å². The normalized spacial score (nSPS) is 31.3. The van der Waals surface area contributed by atoms with Crippen LogP contribution in [0.25, 0.3) is 0 Å². The number of rotatable bonds is 5. The third-order valence-corrected chi connectivity index (χ3v) is 5.82. The second kappa shape index (κ2) is 10.8. The second-order valence-electron chi connectivity index (χ2n) is 7.82. The molecular weight excluding hydrogens is 345 g/mol. The van der Waals surface area contributed by atoms with Gasteiger partial charge in [-0.25, -0.2) is 0 Å². The van der Waals surface area contributed by atoms with E-state index in [-0.39, 0.29) is 36.8 Å². The van der Waals surface area contributed by atoms with Gasteiger partial charge in [0.2, 0.25) is 5.91 Å². The van der Waals surface area contributed by atoms with Crippen molar-refractivity contribution in [1.29, 1.82) is 0 Å². The minimum absolute atomic E-state index is 0. The molecular formula is C18H35Cl2N3O. The van der Waals surface area contributed by atoms with E-state index in [1.54, 1.807) is 0 Å². The lowest BCUT2D eigenvalue weighted by Crippen LogP contribution is -2.45. The van der Waals surface area contributed by atoms with E-state index >= 15 is 0 Å². The fourth-order valence-corrected chi connectivity index (χ4v) is 4.57. The van der Waals surface area contributed by atoms with E-state index in [4.69, 9.17) is 0 Å². The molecule has 0 spiro atoms. The molecule has 3 fully saturated rings. The summed E-state index contributed by atoms with van der Waals surface area (Å²) < 4.78 is 0. The van der Waals surface area contributed by atoms with Gasteiger partial charge in [0.25, 0.3) is 0 Å². The number of amides is 1. The van der Waals surface area contributed by atoms with Gasteiger partial charge in [-0.15, -0.1) is 24.8 Å². The van der Waals surface area contributed by atoms with Crippen LogP contribution in [0.2, 0.25) is 0 Å². The Morgan fingerprint density at radius 2 is 1.83 bits per heavy atom. The first-order valence-corrected chi connectivity index (χ1v) is 9.48. The van der Waals surface area contributed by atoms with E-state index in [9.17, 15) is 4.79 Å². The molecule has 142 valence electrons. The topological polar surface area (TPSA) is 44.4 Å². The smallest absolute Gasteiger partial charge is 0.237 e. The minimum atomic E-state index is 0. The summed E-state index contributed by atoms with van der Waals surface area (Å²) >= 11 is 0. The predicted octanol–water partition coefficient (Wildman–Crippen LogP) is 2.99. The van der Waals surface area contributed by atoms with Crippen molar-refractivity contribution >= 4 is 30.7 Å². The highest BCUT2D eigenvalue weighted by molar-refractivity contribution is 5.85. The van der Waals surface area contributed by atoms with E-state index in [2.05, 4.69) is 22.5 Å². The van der Waals surface area contributed by atoms with Crippen LogP contribution in [-0.4, -0.2) is 49.1 Å². The monoisotopic (exact) mass is 379 g/mol. The highest BCUT2D eigenvalue weighted by Gasteiger charge is 2.38. The Morgan fingerprint density at radius 3 is 2.54 bits per heavy atom. The van der Waals surface area contributed by atoms with Crippen molar-refractivity contribution in [3.05, 3.63) is 0 Å². The summed E-state index contributed by atoms with van der Waals surface area (Å²) in [5, 5.41) is 6.77. The molecule has 4 unspecified atom stereocenters. The van der Waals surface area contributed by atoms with Gasteiger partial charge in [0, 0.05) is 19.1 Å². The molecule has 2 heterocycles. The first-order valence-electron chi connectivity index (χ1n) is 9.48. The maximum Gasteiger partial charge on any atom is 0.237 e. The van der Waals surface area contributed by atoms with Gasteiger partial charge in [-0.3, -0.25) is 4.79 Å². The lowest BCUT2D eigenvalue weighted by molar-refractivity contribution is -0.123. The molecule has 2 aliphatic heterocycles. The van der Waals surface area contributed by atoms with E-state index < -0.39 is 0 Å². The van der Waals surface area contributed by atoms with Crippen LogP contribution in [0, 0.1) is 11.8 Å². The number of carbonyl (C=O) groups is 1. The molecule has 0 aromatic heterocycles. The van der Waals surface area contributed by atoms with Gasteiger partial charge in [0.15, 0.2) is 0 Å². The van der Waals surface area contributed by atoms with Gasteiger partial charge < -0.3 is 15.5 Å². The number of nitrogens with one attached hydrogen (secondary N) is 2. The molecule has 24 heavy (non-hydrogen) atoms. The molecule has 3 rings (SSSR count). The predicted molar refractivity (Wildman–Crippen MR) is 104 cm³/mol. The summed E-state index contributed by atoms with van der Waals surface area (Å²) in [6.45, 7) is 6.70. The number of carbonyl (C=O) groups excluding carboxylic acids is 1. The van der Waals surface area contributed by atoms with Crippen molar-refractivity contribution in [2.45, 2.75) is 70.4 Å². The lowest BCUT2D eigenvalue weighted by atomic mass is 9.85. The Hall–Kier alpha value is -0.0300. The van der Waals surface area contributed by atoms with Crippen LogP contribution in [0.4, 0.5) is 0 Å². The van der Waals surface area contributed by atoms with Crippen molar-refractivity contribution in [1.82, 2.24) is 15.5 Å². The zero-order chi connectivity index (χ0) is 15.4. The Bertz CT molecular complexity index is 363. The molecule has 4 atom stereocenters. The fourth-order valence-electron chi connectivity index (χ4n) is 4.57. The van der Waals surface area contributed by atoms with Gasteiger partial charge in [-0.1, -0.05) is 26.2 Å². The van der Waals surface area contributed by atoms with Crippen LogP contribution in [0.5, 0.6) is 0 Å². The minimum Gasteiger partial charge on any atom is -0.354 e. The SMILES string of the molecule is CC(CNC(=O)C1CC2CCCCC2N1)CN1CCCCC1.Cl.Cl. The molecule has 0 aromatic rings. The number of halogens is 2. The average Bonchev–Trinajstić information content (AvgIpc) is 2.98. The summed E-state index contributed by atoms with van der Waals surface area (Å²) in [5.41, 5.74) is 0. The van der Waals surface area contributed by atoms with E-state index in [1.807, 2.05) is 0 Å². The molecule has 2 N–H and O–H groups in total. The largest absolute Gasteiger partial charge is 0.354 e. The number of hydrogen-bond acceptors (Lipinski definition) is 3. The van der Waals surface area contributed by atoms with Crippen molar-refractivity contribution in [3.8, 4) is 0 Å².